The van der Waals surface area contributed by atoms with E-state index in [1.165, 1.54) is 0 Å². The molecule has 2 amide bonds. The van der Waals surface area contributed by atoms with Gasteiger partial charge >= 0.3 is 6.09 Å². The lowest BCUT2D eigenvalue weighted by molar-refractivity contribution is 0.0505. The largest absolute Gasteiger partial charge is 0.444 e. The molecule has 0 atom stereocenters. The van der Waals surface area contributed by atoms with Crippen molar-refractivity contribution in [1.82, 2.24) is 25.6 Å². The molecule has 1 fully saturated rings. The Hall–Kier alpha value is -2.64. The lowest BCUT2D eigenvalue weighted by Crippen LogP contribution is -2.54. The van der Waals surface area contributed by atoms with Crippen LogP contribution in [0.1, 0.15) is 56.8 Å². The number of aryl methyl sites for hydroxylation is 1. The maximum Gasteiger partial charge on any atom is 0.407 e. The van der Waals surface area contributed by atoms with Crippen molar-refractivity contribution in [2.24, 2.45) is 7.05 Å². The minimum atomic E-state index is -0.553. The summed E-state index contributed by atoms with van der Waals surface area (Å²) in [5, 5.41) is 14.0. The molecule has 8 heteroatoms. The standard InChI is InChI=1S/C19H27N5O3/c1-18(2,3)27-17(26)20-12-19(9-5-6-10-19)21-16(25)13-7-8-15-14(11-13)22-23-24(15)4/h7-8,11H,5-6,9-10,12H2,1-4H3,(H,20,26)(H,21,25). The van der Waals surface area contributed by atoms with Crippen LogP contribution in [-0.4, -0.2) is 44.7 Å². The summed E-state index contributed by atoms with van der Waals surface area (Å²) < 4.78 is 6.97. The number of carbonyl (C=O) groups excluding carboxylic acids is 2. The first-order chi connectivity index (χ1) is 12.7. The van der Waals surface area contributed by atoms with Crippen LogP contribution in [0.4, 0.5) is 4.79 Å². The van der Waals surface area contributed by atoms with Crippen molar-refractivity contribution in [2.75, 3.05) is 6.54 Å². The molecule has 1 aliphatic rings. The average Bonchev–Trinajstić information content (AvgIpc) is 3.19. The van der Waals surface area contributed by atoms with Crippen LogP contribution in [0.3, 0.4) is 0 Å². The van der Waals surface area contributed by atoms with E-state index in [-0.39, 0.29) is 5.91 Å². The summed E-state index contributed by atoms with van der Waals surface area (Å²) in [7, 11) is 1.81. The van der Waals surface area contributed by atoms with E-state index in [0.29, 0.717) is 17.6 Å². The smallest absolute Gasteiger partial charge is 0.407 e. The predicted molar refractivity (Wildman–Crippen MR) is 101 cm³/mol. The van der Waals surface area contributed by atoms with Gasteiger partial charge in [0, 0.05) is 19.2 Å². The van der Waals surface area contributed by atoms with Gasteiger partial charge in [0.1, 0.15) is 11.1 Å². The van der Waals surface area contributed by atoms with Crippen LogP contribution in [0.25, 0.3) is 11.0 Å². The Kier molecular flexibility index (Phi) is 5.08. The van der Waals surface area contributed by atoms with Gasteiger partial charge in [-0.3, -0.25) is 4.79 Å². The Morgan fingerprint density at radius 3 is 2.63 bits per heavy atom. The van der Waals surface area contributed by atoms with Crippen LogP contribution < -0.4 is 10.6 Å². The molecule has 146 valence electrons. The molecule has 0 bridgehead atoms. The van der Waals surface area contributed by atoms with Crippen molar-refractivity contribution in [3.05, 3.63) is 23.8 Å². The molecule has 2 N–H and O–H groups in total. The fourth-order valence-electron chi connectivity index (χ4n) is 3.45. The zero-order valence-electron chi connectivity index (χ0n) is 16.3. The molecular weight excluding hydrogens is 346 g/mol. The van der Waals surface area contributed by atoms with Crippen LogP contribution in [-0.2, 0) is 11.8 Å². The maximum absolute atomic E-state index is 12.8. The summed E-state index contributed by atoms with van der Waals surface area (Å²) in [4.78, 5) is 24.8. The lowest BCUT2D eigenvalue weighted by atomic mass is 9.96. The molecule has 0 unspecified atom stereocenters. The van der Waals surface area contributed by atoms with Gasteiger partial charge in [-0.25, -0.2) is 9.48 Å². The molecule has 0 radical (unpaired) electrons. The molecule has 1 aromatic heterocycles. The number of alkyl carbamates (subject to hydrolysis) is 1. The number of ether oxygens (including phenoxy) is 1. The van der Waals surface area contributed by atoms with E-state index in [2.05, 4.69) is 20.9 Å². The number of nitrogens with one attached hydrogen (secondary N) is 2. The minimum absolute atomic E-state index is 0.171. The molecule has 27 heavy (non-hydrogen) atoms. The Bertz CT molecular complexity index is 847. The monoisotopic (exact) mass is 373 g/mol. The SMILES string of the molecule is Cn1nnc2cc(C(=O)NC3(CNC(=O)OC(C)(C)C)CCCC3)ccc21. The second kappa shape index (κ2) is 7.17. The summed E-state index contributed by atoms with van der Waals surface area (Å²) in [6.07, 6.45) is 3.20. The van der Waals surface area contributed by atoms with Crippen LogP contribution in [0.2, 0.25) is 0 Å². The van der Waals surface area contributed by atoms with Gasteiger partial charge in [0.25, 0.3) is 5.91 Å². The molecular formula is C19H27N5O3. The number of hydrogen-bond acceptors (Lipinski definition) is 5. The van der Waals surface area contributed by atoms with Crippen molar-refractivity contribution < 1.29 is 14.3 Å². The van der Waals surface area contributed by atoms with Gasteiger partial charge in [0.2, 0.25) is 0 Å². The van der Waals surface area contributed by atoms with E-state index >= 15 is 0 Å². The van der Waals surface area contributed by atoms with Gasteiger partial charge in [-0.15, -0.1) is 5.10 Å². The third kappa shape index (κ3) is 4.56. The van der Waals surface area contributed by atoms with E-state index in [1.807, 2.05) is 33.9 Å². The van der Waals surface area contributed by atoms with Gasteiger partial charge < -0.3 is 15.4 Å². The highest BCUT2D eigenvalue weighted by Gasteiger charge is 2.36. The van der Waals surface area contributed by atoms with Crippen LogP contribution in [0.5, 0.6) is 0 Å². The van der Waals surface area contributed by atoms with Crippen LogP contribution in [0, 0.1) is 0 Å². The highest BCUT2D eigenvalue weighted by Crippen LogP contribution is 2.29. The van der Waals surface area contributed by atoms with Crippen molar-refractivity contribution in [2.45, 2.75) is 57.6 Å². The summed E-state index contributed by atoms with van der Waals surface area (Å²) >= 11 is 0. The molecule has 1 heterocycles. The van der Waals surface area contributed by atoms with Crippen molar-refractivity contribution in [3.8, 4) is 0 Å². The van der Waals surface area contributed by atoms with Gasteiger partial charge in [-0.2, -0.15) is 0 Å². The maximum atomic E-state index is 12.8. The third-order valence-electron chi connectivity index (χ3n) is 4.78. The lowest BCUT2D eigenvalue weighted by Gasteiger charge is -2.31. The molecule has 1 saturated carbocycles. The predicted octanol–water partition coefficient (Wildman–Crippen LogP) is 2.54. The van der Waals surface area contributed by atoms with E-state index < -0.39 is 17.2 Å². The van der Waals surface area contributed by atoms with Gasteiger partial charge in [-0.1, -0.05) is 18.1 Å². The molecule has 8 nitrogen and oxygen atoms in total. The number of rotatable bonds is 4. The minimum Gasteiger partial charge on any atom is -0.444 e. The number of fused-ring (bicyclic) bond motifs is 1. The second-order valence-electron chi connectivity index (χ2n) is 8.21. The van der Waals surface area contributed by atoms with Crippen molar-refractivity contribution in [3.63, 3.8) is 0 Å². The fourth-order valence-corrected chi connectivity index (χ4v) is 3.45. The molecule has 0 spiro atoms. The topological polar surface area (TPSA) is 98.1 Å². The number of carbonyl (C=O) groups is 2. The summed E-state index contributed by atoms with van der Waals surface area (Å²) in [6.45, 7) is 5.81. The van der Waals surface area contributed by atoms with E-state index in [9.17, 15) is 9.59 Å². The Morgan fingerprint density at radius 2 is 1.96 bits per heavy atom. The molecule has 1 aromatic carbocycles. The zero-order valence-corrected chi connectivity index (χ0v) is 16.3. The first-order valence-electron chi connectivity index (χ1n) is 9.26. The molecule has 3 rings (SSSR count). The summed E-state index contributed by atoms with van der Waals surface area (Å²) in [5.74, 6) is -0.171. The number of amides is 2. The number of aromatic nitrogens is 3. The second-order valence-corrected chi connectivity index (χ2v) is 8.21. The van der Waals surface area contributed by atoms with Crippen molar-refractivity contribution >= 4 is 23.0 Å². The number of nitrogens with zero attached hydrogens (tertiary/aromatic N) is 3. The molecule has 2 aromatic rings. The molecule has 0 saturated heterocycles. The Morgan fingerprint density at radius 1 is 1.26 bits per heavy atom. The highest BCUT2D eigenvalue weighted by molar-refractivity contribution is 5.97. The van der Waals surface area contributed by atoms with Gasteiger partial charge in [0.05, 0.1) is 11.1 Å². The van der Waals surface area contributed by atoms with E-state index in [0.717, 1.165) is 31.2 Å². The van der Waals surface area contributed by atoms with E-state index in [1.54, 1.807) is 16.8 Å². The summed E-state index contributed by atoms with van der Waals surface area (Å²) in [6, 6.07) is 5.34. The number of hydrogen-bond donors (Lipinski definition) is 2. The van der Waals surface area contributed by atoms with E-state index in [4.69, 9.17) is 4.74 Å². The van der Waals surface area contributed by atoms with Gasteiger partial charge in [-0.05, 0) is 51.8 Å². The normalized spacial score (nSPS) is 16.3. The van der Waals surface area contributed by atoms with Crippen molar-refractivity contribution in [1.29, 1.82) is 0 Å². The zero-order chi connectivity index (χ0) is 19.7. The Labute approximate surface area is 158 Å². The molecule has 1 aliphatic carbocycles. The van der Waals surface area contributed by atoms with Gasteiger partial charge in [0.15, 0.2) is 0 Å². The van der Waals surface area contributed by atoms with Crippen LogP contribution in [0.15, 0.2) is 18.2 Å². The third-order valence-corrected chi connectivity index (χ3v) is 4.78. The average molecular weight is 373 g/mol. The Balaban J connectivity index is 1.69. The van der Waals surface area contributed by atoms with Crippen LogP contribution >= 0.6 is 0 Å². The fraction of sp³-hybridized carbons (Fsp3) is 0.579. The first kappa shape index (κ1) is 19.1. The first-order valence-corrected chi connectivity index (χ1v) is 9.26. The number of benzene rings is 1. The summed E-state index contributed by atoms with van der Waals surface area (Å²) in [5.41, 5.74) is 1.07. The highest BCUT2D eigenvalue weighted by atomic mass is 16.6. The quantitative estimate of drug-likeness (QED) is 0.858. The molecule has 0 aliphatic heterocycles.